The molecule has 1 unspecified atom stereocenters. The summed E-state index contributed by atoms with van der Waals surface area (Å²) < 4.78 is 0. The molecule has 1 aliphatic rings. The number of urea groups is 1. The van der Waals surface area contributed by atoms with Crippen molar-refractivity contribution >= 4 is 23.8 Å². The Bertz CT molecular complexity index is 267. The summed E-state index contributed by atoms with van der Waals surface area (Å²) in [4.78, 5) is 23.7. The van der Waals surface area contributed by atoms with Crippen LogP contribution in [0, 0.1) is 5.92 Å². The Morgan fingerprint density at radius 2 is 2.19 bits per heavy atom. The van der Waals surface area contributed by atoms with Crippen LogP contribution in [0.5, 0.6) is 0 Å². The first kappa shape index (κ1) is 13.2. The van der Waals surface area contributed by atoms with Crippen LogP contribution in [-0.4, -0.2) is 52.6 Å². The number of aliphatic carboxylic acids is 1. The van der Waals surface area contributed by atoms with Gasteiger partial charge in [-0.25, -0.2) is 4.79 Å². The van der Waals surface area contributed by atoms with E-state index >= 15 is 0 Å². The summed E-state index contributed by atoms with van der Waals surface area (Å²) in [5.41, 5.74) is 0. The number of amides is 2. The molecule has 0 saturated carbocycles. The highest BCUT2D eigenvalue weighted by molar-refractivity contribution is 7.99. The highest BCUT2D eigenvalue weighted by Gasteiger charge is 2.35. The molecule has 6 heteroatoms. The van der Waals surface area contributed by atoms with Crippen LogP contribution in [0.25, 0.3) is 0 Å². The molecule has 1 rings (SSSR count). The SMILES string of the molecule is CCSCC(C)NC(=O)N1CC(C(=O)O)C1. The molecule has 0 aliphatic carbocycles. The van der Waals surface area contributed by atoms with Crippen LogP contribution < -0.4 is 5.32 Å². The van der Waals surface area contributed by atoms with E-state index in [0.29, 0.717) is 13.1 Å². The molecular formula is C10H18N2O3S. The summed E-state index contributed by atoms with van der Waals surface area (Å²) in [6, 6.07) is -0.0250. The Morgan fingerprint density at radius 3 is 2.69 bits per heavy atom. The number of hydrogen-bond acceptors (Lipinski definition) is 3. The summed E-state index contributed by atoms with van der Waals surface area (Å²) >= 11 is 1.77. The number of carbonyl (C=O) groups is 2. The van der Waals surface area contributed by atoms with Gasteiger partial charge in [-0.05, 0) is 12.7 Å². The monoisotopic (exact) mass is 246 g/mol. The fourth-order valence-electron chi connectivity index (χ4n) is 1.44. The molecule has 2 N–H and O–H groups in total. The molecule has 1 aliphatic heterocycles. The van der Waals surface area contributed by atoms with Gasteiger partial charge in [0.15, 0.2) is 0 Å². The predicted octanol–water partition coefficient (Wildman–Crippen LogP) is 0.854. The van der Waals surface area contributed by atoms with E-state index in [1.54, 1.807) is 11.8 Å². The molecule has 5 nitrogen and oxygen atoms in total. The fourth-order valence-corrected chi connectivity index (χ4v) is 2.11. The molecule has 0 bridgehead atoms. The van der Waals surface area contributed by atoms with Gasteiger partial charge in [0, 0.05) is 24.9 Å². The van der Waals surface area contributed by atoms with Crippen molar-refractivity contribution in [1.29, 1.82) is 0 Å². The Morgan fingerprint density at radius 1 is 1.56 bits per heavy atom. The van der Waals surface area contributed by atoms with Gasteiger partial charge in [0.1, 0.15) is 0 Å². The average Bonchev–Trinajstić information content (AvgIpc) is 2.11. The Hall–Kier alpha value is -0.910. The molecule has 1 heterocycles. The smallest absolute Gasteiger partial charge is 0.317 e. The average molecular weight is 246 g/mol. The molecular weight excluding hydrogens is 228 g/mol. The zero-order valence-electron chi connectivity index (χ0n) is 9.60. The van der Waals surface area contributed by atoms with Crippen molar-refractivity contribution in [2.45, 2.75) is 19.9 Å². The third kappa shape index (κ3) is 3.59. The third-order valence-corrected chi connectivity index (χ3v) is 3.60. The summed E-state index contributed by atoms with van der Waals surface area (Å²) in [6.07, 6.45) is 0. The molecule has 0 spiro atoms. The number of carboxylic acid groups (broad SMARTS) is 1. The first-order valence-corrected chi connectivity index (χ1v) is 6.56. The standard InChI is InChI=1S/C10H18N2O3S/c1-3-16-6-7(2)11-10(15)12-4-8(5-12)9(13)14/h7-8H,3-6H2,1-2H3,(H,11,15)(H,13,14). The topological polar surface area (TPSA) is 69.6 Å². The van der Waals surface area contributed by atoms with Crippen molar-refractivity contribution in [3.63, 3.8) is 0 Å². The van der Waals surface area contributed by atoms with Gasteiger partial charge in [-0.3, -0.25) is 4.79 Å². The van der Waals surface area contributed by atoms with E-state index in [0.717, 1.165) is 11.5 Å². The van der Waals surface area contributed by atoms with Gasteiger partial charge in [0.25, 0.3) is 0 Å². The number of rotatable bonds is 5. The second-order valence-corrected chi connectivity index (χ2v) is 5.27. The Labute approximate surface area is 99.6 Å². The molecule has 0 aromatic carbocycles. The third-order valence-electron chi connectivity index (χ3n) is 2.46. The lowest BCUT2D eigenvalue weighted by molar-refractivity contribution is -0.146. The second kappa shape index (κ2) is 5.98. The molecule has 1 atom stereocenters. The van der Waals surface area contributed by atoms with E-state index in [4.69, 9.17) is 5.11 Å². The van der Waals surface area contributed by atoms with Gasteiger partial charge < -0.3 is 15.3 Å². The van der Waals surface area contributed by atoms with Crippen molar-refractivity contribution in [3.8, 4) is 0 Å². The van der Waals surface area contributed by atoms with E-state index < -0.39 is 5.97 Å². The largest absolute Gasteiger partial charge is 0.481 e. The van der Waals surface area contributed by atoms with Crippen molar-refractivity contribution in [2.24, 2.45) is 5.92 Å². The van der Waals surface area contributed by atoms with E-state index in [2.05, 4.69) is 12.2 Å². The quantitative estimate of drug-likeness (QED) is 0.754. The Kier molecular flexibility index (Phi) is 4.92. The van der Waals surface area contributed by atoms with Crippen molar-refractivity contribution < 1.29 is 14.7 Å². The normalized spacial score (nSPS) is 17.8. The van der Waals surface area contributed by atoms with Gasteiger partial charge in [0.2, 0.25) is 0 Å². The molecule has 0 aromatic rings. The van der Waals surface area contributed by atoms with Crippen LogP contribution in [0.1, 0.15) is 13.8 Å². The highest BCUT2D eigenvalue weighted by atomic mass is 32.2. The van der Waals surface area contributed by atoms with Crippen LogP contribution in [0.2, 0.25) is 0 Å². The molecule has 2 amide bonds. The summed E-state index contributed by atoms with van der Waals surface area (Å²) in [6.45, 7) is 4.69. The van der Waals surface area contributed by atoms with Crippen molar-refractivity contribution in [2.75, 3.05) is 24.6 Å². The summed E-state index contributed by atoms with van der Waals surface area (Å²) in [5, 5.41) is 11.5. The fraction of sp³-hybridized carbons (Fsp3) is 0.800. The number of likely N-dealkylation sites (tertiary alicyclic amines) is 1. The van der Waals surface area contributed by atoms with Crippen molar-refractivity contribution in [1.82, 2.24) is 10.2 Å². The van der Waals surface area contributed by atoms with Crippen LogP contribution in [0.3, 0.4) is 0 Å². The first-order valence-electron chi connectivity index (χ1n) is 5.40. The summed E-state index contributed by atoms with van der Waals surface area (Å²) in [7, 11) is 0. The zero-order chi connectivity index (χ0) is 12.1. The molecule has 0 aromatic heterocycles. The van der Waals surface area contributed by atoms with Gasteiger partial charge in [-0.15, -0.1) is 0 Å². The minimum Gasteiger partial charge on any atom is -0.481 e. The molecule has 1 saturated heterocycles. The number of nitrogens with one attached hydrogen (secondary N) is 1. The predicted molar refractivity (Wildman–Crippen MR) is 63.7 cm³/mol. The van der Waals surface area contributed by atoms with E-state index in [9.17, 15) is 9.59 Å². The maximum Gasteiger partial charge on any atom is 0.317 e. The van der Waals surface area contributed by atoms with Crippen LogP contribution >= 0.6 is 11.8 Å². The van der Waals surface area contributed by atoms with Gasteiger partial charge >= 0.3 is 12.0 Å². The number of thioether (sulfide) groups is 1. The van der Waals surface area contributed by atoms with Gasteiger partial charge in [-0.1, -0.05) is 6.92 Å². The van der Waals surface area contributed by atoms with E-state index in [-0.39, 0.29) is 18.0 Å². The van der Waals surface area contributed by atoms with Crippen LogP contribution in [-0.2, 0) is 4.79 Å². The minimum absolute atomic E-state index is 0.126. The molecule has 92 valence electrons. The van der Waals surface area contributed by atoms with E-state index in [1.807, 2.05) is 6.92 Å². The second-order valence-electron chi connectivity index (χ2n) is 3.95. The highest BCUT2D eigenvalue weighted by Crippen LogP contribution is 2.15. The van der Waals surface area contributed by atoms with Crippen molar-refractivity contribution in [3.05, 3.63) is 0 Å². The molecule has 16 heavy (non-hydrogen) atoms. The lowest BCUT2D eigenvalue weighted by Crippen LogP contribution is -2.57. The summed E-state index contributed by atoms with van der Waals surface area (Å²) in [5.74, 6) is 0.716. The van der Waals surface area contributed by atoms with Crippen LogP contribution in [0.15, 0.2) is 0 Å². The van der Waals surface area contributed by atoms with Gasteiger partial charge in [0.05, 0.1) is 5.92 Å². The molecule has 0 radical (unpaired) electrons. The van der Waals surface area contributed by atoms with E-state index in [1.165, 1.54) is 4.90 Å². The maximum absolute atomic E-state index is 11.6. The zero-order valence-corrected chi connectivity index (χ0v) is 10.4. The van der Waals surface area contributed by atoms with Crippen LogP contribution in [0.4, 0.5) is 4.79 Å². The first-order chi connectivity index (χ1) is 7.54. The Balaban J connectivity index is 2.19. The van der Waals surface area contributed by atoms with Gasteiger partial charge in [-0.2, -0.15) is 11.8 Å². The number of carbonyl (C=O) groups excluding carboxylic acids is 1. The maximum atomic E-state index is 11.6. The number of hydrogen-bond donors (Lipinski definition) is 2. The number of carboxylic acids is 1. The lowest BCUT2D eigenvalue weighted by Gasteiger charge is -2.37. The lowest BCUT2D eigenvalue weighted by atomic mass is 10.0. The minimum atomic E-state index is -0.821. The number of nitrogens with zero attached hydrogens (tertiary/aromatic N) is 1. The molecule has 1 fully saturated rings.